The van der Waals surface area contributed by atoms with Crippen molar-refractivity contribution in [3.8, 4) is 17.4 Å². The van der Waals surface area contributed by atoms with E-state index in [-0.39, 0.29) is 34.2 Å². The van der Waals surface area contributed by atoms with Crippen molar-refractivity contribution in [2.75, 3.05) is 5.32 Å². The Bertz CT molecular complexity index is 1160. The second-order valence-corrected chi connectivity index (χ2v) is 6.65. The van der Waals surface area contributed by atoms with Crippen LogP contribution >= 0.6 is 0 Å². The van der Waals surface area contributed by atoms with E-state index in [2.05, 4.69) is 30.4 Å². The molecule has 30 heavy (non-hydrogen) atoms. The molecule has 3 aromatic heterocycles. The first kappa shape index (κ1) is 19.8. The van der Waals surface area contributed by atoms with Gasteiger partial charge in [0.05, 0.1) is 23.4 Å². The summed E-state index contributed by atoms with van der Waals surface area (Å²) in [4.78, 5) is 27.7. The van der Waals surface area contributed by atoms with Crippen LogP contribution in [0.3, 0.4) is 0 Å². The molecule has 3 aromatic rings. The number of aromatic nitrogens is 6. The maximum Gasteiger partial charge on any atom is 0.453 e. The van der Waals surface area contributed by atoms with E-state index < -0.39 is 42.6 Å². The van der Waals surface area contributed by atoms with Gasteiger partial charge in [0.1, 0.15) is 17.8 Å². The number of anilines is 1. The summed E-state index contributed by atoms with van der Waals surface area (Å²) >= 11 is 0. The molecular formula is C16H12F5N7O2. The van der Waals surface area contributed by atoms with Gasteiger partial charge in [0.15, 0.2) is 11.5 Å². The Kier molecular flexibility index (Phi) is 4.32. The van der Waals surface area contributed by atoms with E-state index in [1.807, 2.05) is 0 Å². The molecule has 1 amide bonds. The van der Waals surface area contributed by atoms with Gasteiger partial charge in [-0.05, 0) is 13.3 Å². The van der Waals surface area contributed by atoms with Crippen LogP contribution in [-0.4, -0.2) is 52.7 Å². The summed E-state index contributed by atoms with van der Waals surface area (Å²) in [5.41, 5.74) is -0.0696. The first-order valence-corrected chi connectivity index (χ1v) is 8.54. The van der Waals surface area contributed by atoms with Crippen molar-refractivity contribution in [1.29, 1.82) is 0 Å². The lowest BCUT2D eigenvalue weighted by Gasteiger charge is -2.19. The molecule has 0 bridgehead atoms. The summed E-state index contributed by atoms with van der Waals surface area (Å²) in [6.45, 7) is 1.54. The number of nitrogens with one attached hydrogen (secondary N) is 1. The Morgan fingerprint density at radius 2 is 1.93 bits per heavy atom. The highest BCUT2D eigenvalue weighted by Crippen LogP contribution is 2.39. The highest BCUT2D eigenvalue weighted by molar-refractivity contribution is 6.02. The molecule has 9 nitrogen and oxygen atoms in total. The quantitative estimate of drug-likeness (QED) is 0.612. The van der Waals surface area contributed by atoms with E-state index in [4.69, 9.17) is 0 Å². The second kappa shape index (κ2) is 6.53. The lowest BCUT2D eigenvalue weighted by atomic mass is 10.1. The topological polar surface area (TPSA) is 118 Å². The summed E-state index contributed by atoms with van der Waals surface area (Å²) in [6.07, 6.45) is -5.64. The molecule has 0 unspecified atom stereocenters. The molecule has 0 saturated heterocycles. The Morgan fingerprint density at radius 1 is 1.20 bits per heavy atom. The number of hydrogen-bond donors (Lipinski definition) is 2. The zero-order valence-corrected chi connectivity index (χ0v) is 15.1. The van der Waals surface area contributed by atoms with Gasteiger partial charge in [-0.1, -0.05) is 0 Å². The fourth-order valence-corrected chi connectivity index (χ4v) is 3.01. The molecule has 1 aliphatic rings. The van der Waals surface area contributed by atoms with Crippen LogP contribution in [0.4, 0.5) is 27.8 Å². The molecule has 4 rings (SSSR count). The van der Waals surface area contributed by atoms with E-state index in [0.29, 0.717) is 0 Å². The molecule has 0 spiro atoms. The number of rotatable bonds is 4. The minimum absolute atomic E-state index is 0.0102. The van der Waals surface area contributed by atoms with Crippen molar-refractivity contribution in [3.05, 3.63) is 23.8 Å². The summed E-state index contributed by atoms with van der Waals surface area (Å²) < 4.78 is 65.3. The standard InChI is InChI=1S/C16H12F5N7O2/c1-6-9-11(27-13(6)29)25-10(26-14(9)30)8-4-28-12(22-5-23-28)7(24-8)2-3-15(17,18)16(19,20)21/h4-6H,2-3H2,1H3,(H2,25,26,27,29,30)/t6-/m1/s1. The average molecular weight is 429 g/mol. The van der Waals surface area contributed by atoms with Gasteiger partial charge >= 0.3 is 12.1 Å². The molecule has 1 atom stereocenters. The molecule has 0 saturated carbocycles. The third-order valence-corrected chi connectivity index (χ3v) is 4.64. The summed E-state index contributed by atoms with van der Waals surface area (Å²) in [6, 6.07) is 0. The van der Waals surface area contributed by atoms with Crippen LogP contribution in [0.2, 0.25) is 0 Å². The monoisotopic (exact) mass is 429 g/mol. The average Bonchev–Trinajstić information content (AvgIpc) is 3.23. The number of alkyl halides is 5. The van der Waals surface area contributed by atoms with Gasteiger partial charge in [-0.15, -0.1) is 0 Å². The van der Waals surface area contributed by atoms with E-state index in [1.165, 1.54) is 6.20 Å². The number of carbonyl (C=O) groups is 1. The lowest BCUT2D eigenvalue weighted by molar-refractivity contribution is -0.284. The van der Waals surface area contributed by atoms with Crippen LogP contribution in [0.5, 0.6) is 5.88 Å². The van der Waals surface area contributed by atoms with Gasteiger partial charge < -0.3 is 10.4 Å². The zero-order chi connectivity index (χ0) is 21.8. The Hall–Kier alpha value is -3.45. The molecule has 158 valence electrons. The van der Waals surface area contributed by atoms with Gasteiger partial charge in [-0.3, -0.25) is 4.79 Å². The molecule has 2 N–H and O–H groups in total. The van der Waals surface area contributed by atoms with Crippen molar-refractivity contribution in [2.24, 2.45) is 0 Å². The first-order chi connectivity index (χ1) is 14.0. The van der Waals surface area contributed by atoms with Crippen LogP contribution < -0.4 is 5.32 Å². The largest absolute Gasteiger partial charge is 0.493 e. The number of nitrogens with zero attached hydrogens (tertiary/aromatic N) is 6. The van der Waals surface area contributed by atoms with Gasteiger partial charge in [-0.25, -0.2) is 19.5 Å². The molecule has 14 heteroatoms. The molecular weight excluding hydrogens is 417 g/mol. The molecule has 0 fully saturated rings. The predicted octanol–water partition coefficient (Wildman–Crippen LogP) is 2.47. The fraction of sp³-hybridized carbons (Fsp3) is 0.375. The maximum absolute atomic E-state index is 13.3. The number of aryl methyl sites for hydroxylation is 1. The number of carbonyl (C=O) groups excluding carboxylic acids is 1. The van der Waals surface area contributed by atoms with Crippen molar-refractivity contribution in [1.82, 2.24) is 29.5 Å². The Morgan fingerprint density at radius 3 is 2.63 bits per heavy atom. The van der Waals surface area contributed by atoms with Gasteiger partial charge in [0.2, 0.25) is 11.8 Å². The van der Waals surface area contributed by atoms with Gasteiger partial charge in [0, 0.05) is 6.42 Å². The van der Waals surface area contributed by atoms with Crippen LogP contribution in [0, 0.1) is 0 Å². The summed E-state index contributed by atoms with van der Waals surface area (Å²) in [5.74, 6) is -6.60. The van der Waals surface area contributed by atoms with E-state index in [1.54, 1.807) is 6.92 Å². The fourth-order valence-electron chi connectivity index (χ4n) is 3.01. The van der Waals surface area contributed by atoms with Gasteiger partial charge in [-0.2, -0.15) is 32.0 Å². The number of halogens is 5. The van der Waals surface area contributed by atoms with Crippen molar-refractivity contribution in [2.45, 2.75) is 37.8 Å². The van der Waals surface area contributed by atoms with Crippen molar-refractivity contribution < 1.29 is 31.9 Å². The van der Waals surface area contributed by atoms with Crippen LogP contribution in [0.1, 0.15) is 30.5 Å². The highest BCUT2D eigenvalue weighted by Gasteiger charge is 2.56. The lowest BCUT2D eigenvalue weighted by Crippen LogP contribution is -2.36. The SMILES string of the molecule is C[C@H]1C(=O)Nc2nc(-c3cn4ncnc4c(CCC(F)(F)C(F)(F)F)n3)nc(O)c21. The second-order valence-electron chi connectivity index (χ2n) is 6.65. The number of amides is 1. The number of aromatic hydroxyl groups is 1. The maximum atomic E-state index is 13.3. The molecule has 4 heterocycles. The normalized spacial score (nSPS) is 16.7. The molecule has 0 aliphatic carbocycles. The highest BCUT2D eigenvalue weighted by atomic mass is 19.4. The minimum atomic E-state index is -5.70. The van der Waals surface area contributed by atoms with Crippen molar-refractivity contribution >= 4 is 17.4 Å². The Balaban J connectivity index is 1.75. The third-order valence-electron chi connectivity index (χ3n) is 4.64. The first-order valence-electron chi connectivity index (χ1n) is 8.54. The summed E-state index contributed by atoms with van der Waals surface area (Å²) in [7, 11) is 0. The number of fused-ring (bicyclic) bond motifs is 2. The van der Waals surface area contributed by atoms with Crippen LogP contribution in [-0.2, 0) is 11.2 Å². The molecule has 1 aliphatic heterocycles. The molecule has 0 radical (unpaired) electrons. The van der Waals surface area contributed by atoms with Crippen molar-refractivity contribution in [3.63, 3.8) is 0 Å². The number of hydrogen-bond acceptors (Lipinski definition) is 7. The molecule has 0 aromatic carbocycles. The van der Waals surface area contributed by atoms with E-state index in [0.717, 1.165) is 10.8 Å². The van der Waals surface area contributed by atoms with Crippen LogP contribution in [0.15, 0.2) is 12.5 Å². The van der Waals surface area contributed by atoms with Gasteiger partial charge in [0.25, 0.3) is 0 Å². The van der Waals surface area contributed by atoms with E-state index in [9.17, 15) is 31.9 Å². The minimum Gasteiger partial charge on any atom is -0.493 e. The summed E-state index contributed by atoms with van der Waals surface area (Å²) in [5, 5.41) is 16.5. The van der Waals surface area contributed by atoms with E-state index >= 15 is 0 Å². The zero-order valence-electron chi connectivity index (χ0n) is 15.1. The predicted molar refractivity (Wildman–Crippen MR) is 89.8 cm³/mol. The van der Waals surface area contributed by atoms with Crippen LogP contribution in [0.25, 0.3) is 17.2 Å². The third kappa shape index (κ3) is 3.17. The Labute approximate surface area is 164 Å². The smallest absolute Gasteiger partial charge is 0.453 e.